The number of hydrogen-bond donors (Lipinski definition) is 1. The Morgan fingerprint density at radius 2 is 1.86 bits per heavy atom. The van der Waals surface area contributed by atoms with E-state index in [0.29, 0.717) is 29.9 Å². The van der Waals surface area contributed by atoms with Crippen molar-refractivity contribution in [1.29, 1.82) is 0 Å². The summed E-state index contributed by atoms with van der Waals surface area (Å²) in [5.74, 6) is 0.801. The number of ketones is 1. The van der Waals surface area contributed by atoms with Crippen molar-refractivity contribution in [3.05, 3.63) is 94.5 Å². The molecule has 3 aromatic rings. The van der Waals surface area contributed by atoms with E-state index in [0.717, 1.165) is 47.7 Å². The number of carbonyl (C=O) groups excluding carboxylic acids is 2. The summed E-state index contributed by atoms with van der Waals surface area (Å²) in [7, 11) is 0. The van der Waals surface area contributed by atoms with E-state index in [4.69, 9.17) is 16.0 Å². The van der Waals surface area contributed by atoms with Crippen molar-refractivity contribution in [2.45, 2.75) is 57.4 Å². The van der Waals surface area contributed by atoms with Gasteiger partial charge in [-0.05, 0) is 54.8 Å². The zero-order valence-corrected chi connectivity index (χ0v) is 20.6. The largest absolute Gasteiger partial charge is 0.469 e. The Balaban J connectivity index is 1.66. The fourth-order valence-corrected chi connectivity index (χ4v) is 5.32. The number of anilines is 2. The minimum absolute atomic E-state index is 0.0161. The number of nitrogens with zero attached hydrogens (tertiary/aromatic N) is 1. The summed E-state index contributed by atoms with van der Waals surface area (Å²) >= 11 is 6.21. The van der Waals surface area contributed by atoms with E-state index in [1.54, 1.807) is 6.26 Å². The molecule has 1 N–H and O–H groups in total. The minimum Gasteiger partial charge on any atom is -0.469 e. The maximum atomic E-state index is 13.8. The van der Waals surface area contributed by atoms with Crippen LogP contribution in [0.25, 0.3) is 0 Å². The van der Waals surface area contributed by atoms with E-state index in [1.165, 1.54) is 0 Å². The maximum Gasteiger partial charge on any atom is 0.227 e. The van der Waals surface area contributed by atoms with E-state index in [1.807, 2.05) is 65.6 Å². The third kappa shape index (κ3) is 4.65. The summed E-state index contributed by atoms with van der Waals surface area (Å²) in [6, 6.07) is 18.5. The quantitative estimate of drug-likeness (QED) is 0.367. The van der Waals surface area contributed by atoms with Crippen LogP contribution in [0, 0.1) is 0 Å². The average Bonchev–Trinajstić information content (AvgIpc) is 3.35. The highest BCUT2D eigenvalue weighted by Crippen LogP contribution is 2.47. The topological polar surface area (TPSA) is 62.6 Å². The van der Waals surface area contributed by atoms with Gasteiger partial charge >= 0.3 is 0 Å². The van der Waals surface area contributed by atoms with Crippen molar-refractivity contribution >= 4 is 34.7 Å². The average molecular weight is 489 g/mol. The van der Waals surface area contributed by atoms with Gasteiger partial charge in [-0.25, -0.2) is 0 Å². The maximum absolute atomic E-state index is 13.8. The summed E-state index contributed by atoms with van der Waals surface area (Å²) in [6.45, 7) is 2.12. The Kier molecular flexibility index (Phi) is 6.78. The first kappa shape index (κ1) is 23.4. The highest BCUT2D eigenvalue weighted by Gasteiger charge is 2.41. The first-order chi connectivity index (χ1) is 17.1. The molecule has 1 aliphatic heterocycles. The number of allylic oxidation sites excluding steroid dienone is 1. The molecule has 35 heavy (non-hydrogen) atoms. The lowest BCUT2D eigenvalue weighted by Crippen LogP contribution is -2.38. The molecule has 0 saturated heterocycles. The van der Waals surface area contributed by atoms with Gasteiger partial charge in [0.25, 0.3) is 0 Å². The van der Waals surface area contributed by atoms with Gasteiger partial charge in [0, 0.05) is 35.1 Å². The molecule has 0 spiro atoms. The smallest absolute Gasteiger partial charge is 0.227 e. The number of nitrogens with one attached hydrogen (secondary N) is 1. The van der Waals surface area contributed by atoms with E-state index in [2.05, 4.69) is 12.2 Å². The number of halogens is 1. The molecule has 0 fully saturated rings. The van der Waals surface area contributed by atoms with Crippen molar-refractivity contribution in [3.63, 3.8) is 0 Å². The molecule has 2 heterocycles. The van der Waals surface area contributed by atoms with Crippen LogP contribution in [0.3, 0.4) is 0 Å². The molecule has 1 amide bonds. The van der Waals surface area contributed by atoms with Crippen molar-refractivity contribution in [3.8, 4) is 0 Å². The lowest BCUT2D eigenvalue weighted by atomic mass is 9.80. The standard InChI is InChI=1S/C29H29ClN2O3/c1-2-3-4-11-27(34)32-24-9-6-5-8-22(24)31-23-17-20(26-10-7-16-35-26)18-25(33)28(23)29(32)19-12-14-21(30)15-13-19/h5-10,12-16,20,29,31H,2-4,11,17-18H2,1H3. The molecule has 1 aromatic heterocycles. The van der Waals surface area contributed by atoms with Gasteiger partial charge in [0.15, 0.2) is 5.78 Å². The summed E-state index contributed by atoms with van der Waals surface area (Å²) in [4.78, 5) is 29.4. The molecular weight excluding hydrogens is 460 g/mol. The number of furan rings is 1. The predicted octanol–water partition coefficient (Wildman–Crippen LogP) is 7.41. The number of Topliss-reactive ketones (excluding diaryl/α,β-unsaturated/α-hetero) is 1. The van der Waals surface area contributed by atoms with Crippen LogP contribution in [0.2, 0.25) is 5.02 Å². The Morgan fingerprint density at radius 3 is 2.60 bits per heavy atom. The molecule has 0 radical (unpaired) electrons. The third-order valence-electron chi connectivity index (χ3n) is 6.88. The second-order valence-corrected chi connectivity index (χ2v) is 9.69. The first-order valence-corrected chi connectivity index (χ1v) is 12.7. The predicted molar refractivity (Wildman–Crippen MR) is 139 cm³/mol. The number of fused-ring (bicyclic) bond motifs is 1. The lowest BCUT2D eigenvalue weighted by molar-refractivity contribution is -0.119. The molecule has 2 atom stereocenters. The van der Waals surface area contributed by atoms with Gasteiger partial charge in [0.1, 0.15) is 5.76 Å². The highest BCUT2D eigenvalue weighted by molar-refractivity contribution is 6.30. The monoisotopic (exact) mass is 488 g/mol. The normalized spacial score (nSPS) is 19.6. The molecule has 1 aliphatic carbocycles. The molecule has 5 rings (SSSR count). The van der Waals surface area contributed by atoms with Crippen LogP contribution in [-0.2, 0) is 9.59 Å². The van der Waals surface area contributed by atoms with Gasteiger partial charge in [-0.3, -0.25) is 14.5 Å². The van der Waals surface area contributed by atoms with Crippen LogP contribution in [0.5, 0.6) is 0 Å². The first-order valence-electron chi connectivity index (χ1n) is 12.3. The van der Waals surface area contributed by atoms with Crippen LogP contribution in [0.1, 0.15) is 68.7 Å². The molecule has 2 unspecified atom stereocenters. The van der Waals surface area contributed by atoms with E-state index in [9.17, 15) is 9.59 Å². The zero-order chi connectivity index (χ0) is 24.4. The van der Waals surface area contributed by atoms with E-state index in [-0.39, 0.29) is 17.6 Å². The fourth-order valence-electron chi connectivity index (χ4n) is 5.20. The van der Waals surface area contributed by atoms with Crippen LogP contribution in [0.4, 0.5) is 11.4 Å². The number of para-hydroxylation sites is 2. The second-order valence-electron chi connectivity index (χ2n) is 9.25. The summed E-state index contributed by atoms with van der Waals surface area (Å²) in [5, 5.41) is 4.16. The highest BCUT2D eigenvalue weighted by atomic mass is 35.5. The Bertz CT molecular complexity index is 1250. The third-order valence-corrected chi connectivity index (χ3v) is 7.13. The van der Waals surface area contributed by atoms with Crippen LogP contribution in [-0.4, -0.2) is 11.7 Å². The van der Waals surface area contributed by atoms with Crippen molar-refractivity contribution in [2.75, 3.05) is 10.2 Å². The Hall–Kier alpha value is -3.31. The zero-order valence-electron chi connectivity index (χ0n) is 19.8. The fraction of sp³-hybridized carbons (Fsp3) is 0.310. The lowest BCUT2D eigenvalue weighted by Gasteiger charge is -2.35. The van der Waals surface area contributed by atoms with Crippen molar-refractivity contribution < 1.29 is 14.0 Å². The minimum atomic E-state index is -0.530. The van der Waals surface area contributed by atoms with Gasteiger partial charge in [-0.1, -0.05) is 55.6 Å². The number of hydrogen-bond acceptors (Lipinski definition) is 4. The van der Waals surface area contributed by atoms with E-state index < -0.39 is 6.04 Å². The van der Waals surface area contributed by atoms with Gasteiger partial charge in [-0.2, -0.15) is 0 Å². The van der Waals surface area contributed by atoms with Crippen LogP contribution in [0.15, 0.2) is 82.6 Å². The van der Waals surface area contributed by atoms with Crippen molar-refractivity contribution in [2.24, 2.45) is 0 Å². The molecule has 0 saturated carbocycles. The van der Waals surface area contributed by atoms with Crippen molar-refractivity contribution in [1.82, 2.24) is 0 Å². The number of carbonyl (C=O) groups is 2. The number of rotatable bonds is 6. The molecule has 5 nitrogen and oxygen atoms in total. The number of benzene rings is 2. The van der Waals surface area contributed by atoms with Gasteiger partial charge < -0.3 is 9.73 Å². The molecule has 180 valence electrons. The Labute approximate surface area is 210 Å². The summed E-state index contributed by atoms with van der Waals surface area (Å²) in [5.41, 5.74) is 3.97. The molecule has 6 heteroatoms. The SMILES string of the molecule is CCCCCC(=O)N1c2ccccc2NC2=C(C(=O)CC(c3ccco3)C2)C1c1ccc(Cl)cc1. The van der Waals surface area contributed by atoms with Gasteiger partial charge in [0.05, 0.1) is 23.7 Å². The summed E-state index contributed by atoms with van der Waals surface area (Å²) < 4.78 is 5.66. The van der Waals surface area contributed by atoms with Gasteiger partial charge in [0.2, 0.25) is 5.91 Å². The van der Waals surface area contributed by atoms with Crippen LogP contribution < -0.4 is 10.2 Å². The second kappa shape index (κ2) is 10.1. The summed E-state index contributed by atoms with van der Waals surface area (Å²) in [6.07, 6.45) is 5.88. The Morgan fingerprint density at radius 1 is 1.06 bits per heavy atom. The molecule has 2 aliphatic rings. The molecule has 2 aromatic carbocycles. The van der Waals surface area contributed by atoms with Gasteiger partial charge in [-0.15, -0.1) is 0 Å². The molecular formula is C29H29ClN2O3. The number of unbranched alkanes of at least 4 members (excludes halogenated alkanes) is 2. The van der Waals surface area contributed by atoms with E-state index >= 15 is 0 Å². The number of amides is 1. The molecule has 0 bridgehead atoms. The van der Waals surface area contributed by atoms with Crippen LogP contribution >= 0.6 is 11.6 Å².